The average Bonchev–Trinajstić information content (AvgIpc) is 2.41. The van der Waals surface area contributed by atoms with E-state index < -0.39 is 11.7 Å². The summed E-state index contributed by atoms with van der Waals surface area (Å²) >= 11 is 0. The lowest BCUT2D eigenvalue weighted by atomic mass is 10.1. The van der Waals surface area contributed by atoms with Crippen molar-refractivity contribution in [1.82, 2.24) is 0 Å². The maximum atomic E-state index is 13.6. The van der Waals surface area contributed by atoms with Crippen molar-refractivity contribution in [3.05, 3.63) is 53.8 Å². The molecule has 2 aromatic rings. The fraction of sp³-hybridized carbons (Fsp3) is 0.0714. The molecule has 4 nitrogen and oxygen atoms in total. The van der Waals surface area contributed by atoms with Crippen LogP contribution in [-0.2, 0) is 0 Å². The third kappa shape index (κ3) is 2.49. The van der Waals surface area contributed by atoms with Crippen LogP contribution in [0.1, 0.15) is 10.4 Å². The summed E-state index contributed by atoms with van der Waals surface area (Å²) in [5.41, 5.74) is 6.05. The molecule has 98 valence electrons. The molecule has 0 fully saturated rings. The molecule has 0 aliphatic rings. The summed E-state index contributed by atoms with van der Waals surface area (Å²) in [7, 11) is 1.47. The zero-order chi connectivity index (χ0) is 14.0. The highest BCUT2D eigenvalue weighted by Gasteiger charge is 2.17. The lowest BCUT2D eigenvalue weighted by molar-refractivity contribution is 0.0992. The van der Waals surface area contributed by atoms with Crippen molar-refractivity contribution >= 4 is 17.3 Å². The predicted molar refractivity (Wildman–Crippen MR) is 71.7 cm³/mol. The van der Waals surface area contributed by atoms with Crippen molar-refractivity contribution < 1.29 is 14.3 Å². The van der Waals surface area contributed by atoms with Crippen molar-refractivity contribution in [2.45, 2.75) is 0 Å². The van der Waals surface area contributed by atoms with Gasteiger partial charge >= 0.3 is 0 Å². The van der Waals surface area contributed by atoms with Crippen molar-refractivity contribution in [1.29, 1.82) is 0 Å². The van der Waals surface area contributed by atoms with Crippen molar-refractivity contribution in [3.63, 3.8) is 0 Å². The molecule has 0 spiro atoms. The maximum Gasteiger partial charge on any atom is 0.258 e. The number of nitrogens with zero attached hydrogens (tertiary/aromatic N) is 1. The monoisotopic (exact) mass is 260 g/mol. The predicted octanol–water partition coefficient (Wildman–Crippen LogP) is 2.39. The summed E-state index contributed by atoms with van der Waals surface area (Å²) in [4.78, 5) is 13.3. The number of anilines is 2. The Labute approximate surface area is 109 Å². The van der Waals surface area contributed by atoms with Gasteiger partial charge in [-0.15, -0.1) is 0 Å². The van der Waals surface area contributed by atoms with E-state index in [-0.39, 0.29) is 22.7 Å². The number of carbonyl (C=O) groups excluding carboxylic acids is 1. The van der Waals surface area contributed by atoms with Gasteiger partial charge in [0.1, 0.15) is 11.6 Å². The second-order valence-electron chi connectivity index (χ2n) is 4.09. The topological polar surface area (TPSA) is 66.6 Å². The first kappa shape index (κ1) is 12.9. The van der Waals surface area contributed by atoms with Gasteiger partial charge in [0, 0.05) is 12.6 Å². The quantitative estimate of drug-likeness (QED) is 0.643. The molecule has 0 aromatic heterocycles. The molecule has 0 saturated carbocycles. The van der Waals surface area contributed by atoms with Crippen molar-refractivity contribution in [3.8, 4) is 5.75 Å². The van der Waals surface area contributed by atoms with Crippen LogP contribution in [0.4, 0.5) is 15.8 Å². The van der Waals surface area contributed by atoms with Gasteiger partial charge in [0.15, 0.2) is 0 Å². The molecule has 1 amide bonds. The zero-order valence-corrected chi connectivity index (χ0v) is 10.3. The Bertz CT molecular complexity index is 629. The Morgan fingerprint density at radius 2 is 1.95 bits per heavy atom. The van der Waals surface area contributed by atoms with Crippen LogP contribution in [0.15, 0.2) is 42.5 Å². The van der Waals surface area contributed by atoms with Crippen LogP contribution in [0.25, 0.3) is 0 Å². The van der Waals surface area contributed by atoms with Crippen LogP contribution in [0.2, 0.25) is 0 Å². The summed E-state index contributed by atoms with van der Waals surface area (Å²) in [6.45, 7) is 0. The highest BCUT2D eigenvalue weighted by Crippen LogP contribution is 2.24. The number of benzene rings is 2. The second kappa shape index (κ2) is 4.97. The Morgan fingerprint density at radius 3 is 2.58 bits per heavy atom. The molecule has 3 N–H and O–H groups in total. The second-order valence-corrected chi connectivity index (χ2v) is 4.09. The Morgan fingerprint density at radius 1 is 1.26 bits per heavy atom. The number of halogens is 1. The van der Waals surface area contributed by atoms with E-state index in [1.807, 2.05) is 0 Å². The van der Waals surface area contributed by atoms with Crippen LogP contribution in [0, 0.1) is 5.82 Å². The van der Waals surface area contributed by atoms with E-state index in [0.717, 1.165) is 0 Å². The molecule has 0 atom stereocenters. The number of nitrogen functional groups attached to an aromatic ring is 1. The zero-order valence-electron chi connectivity index (χ0n) is 10.3. The molecule has 0 bridgehead atoms. The molecule has 0 radical (unpaired) electrons. The van der Waals surface area contributed by atoms with Gasteiger partial charge in [-0.3, -0.25) is 4.79 Å². The number of para-hydroxylation sites is 1. The molecule has 0 aliphatic heterocycles. The minimum absolute atomic E-state index is 0.170. The SMILES string of the molecule is CN(C(=O)c1ccc(N)c(O)c1)c1ccccc1F. The summed E-state index contributed by atoms with van der Waals surface area (Å²) < 4.78 is 13.6. The van der Waals surface area contributed by atoms with Crippen LogP contribution < -0.4 is 10.6 Å². The van der Waals surface area contributed by atoms with E-state index in [0.29, 0.717) is 0 Å². The number of nitrogens with two attached hydrogens (primary N) is 1. The standard InChI is InChI=1S/C14H13FN2O2/c1-17(12-5-3-2-4-10(12)15)14(19)9-6-7-11(16)13(18)8-9/h2-8,18H,16H2,1H3. The first-order valence-corrected chi connectivity index (χ1v) is 5.62. The smallest absolute Gasteiger partial charge is 0.258 e. The molecular weight excluding hydrogens is 247 g/mol. The van der Waals surface area contributed by atoms with Crippen LogP contribution in [0.3, 0.4) is 0 Å². The molecule has 19 heavy (non-hydrogen) atoms. The number of amides is 1. The van der Waals surface area contributed by atoms with Crippen LogP contribution in [-0.4, -0.2) is 18.1 Å². The lowest BCUT2D eigenvalue weighted by Crippen LogP contribution is -2.27. The van der Waals surface area contributed by atoms with E-state index in [1.165, 1.54) is 42.3 Å². The minimum atomic E-state index is -0.488. The third-order valence-corrected chi connectivity index (χ3v) is 2.80. The fourth-order valence-electron chi connectivity index (χ4n) is 1.70. The van der Waals surface area contributed by atoms with Gasteiger partial charge in [-0.2, -0.15) is 0 Å². The van der Waals surface area contributed by atoms with E-state index in [9.17, 15) is 14.3 Å². The number of aromatic hydroxyl groups is 1. The third-order valence-electron chi connectivity index (χ3n) is 2.80. The molecule has 5 heteroatoms. The molecule has 2 rings (SSSR count). The summed E-state index contributed by atoms with van der Waals surface area (Å²) in [6.07, 6.45) is 0. The number of rotatable bonds is 2. The molecule has 2 aromatic carbocycles. The van der Waals surface area contributed by atoms with Gasteiger partial charge in [0.25, 0.3) is 5.91 Å². The van der Waals surface area contributed by atoms with E-state index in [2.05, 4.69) is 0 Å². The van der Waals surface area contributed by atoms with E-state index in [1.54, 1.807) is 12.1 Å². The number of carbonyl (C=O) groups is 1. The molecule has 0 saturated heterocycles. The highest BCUT2D eigenvalue weighted by molar-refractivity contribution is 6.06. The normalized spacial score (nSPS) is 10.2. The van der Waals surface area contributed by atoms with Gasteiger partial charge in [0.05, 0.1) is 11.4 Å². The van der Waals surface area contributed by atoms with Gasteiger partial charge in [-0.25, -0.2) is 4.39 Å². The van der Waals surface area contributed by atoms with Gasteiger partial charge in [-0.05, 0) is 30.3 Å². The largest absolute Gasteiger partial charge is 0.506 e. The molecule has 0 unspecified atom stereocenters. The average molecular weight is 260 g/mol. The summed E-state index contributed by atoms with van der Waals surface area (Å²) in [5, 5.41) is 9.49. The van der Waals surface area contributed by atoms with Gasteiger partial charge in [0.2, 0.25) is 0 Å². The number of hydrogen-bond acceptors (Lipinski definition) is 3. The first-order chi connectivity index (χ1) is 9.00. The summed E-state index contributed by atoms with van der Waals surface area (Å²) in [6, 6.07) is 10.1. The number of phenolic OH excluding ortho intramolecular Hbond substituents is 1. The Hall–Kier alpha value is -2.56. The van der Waals surface area contributed by atoms with Crippen molar-refractivity contribution in [2.24, 2.45) is 0 Å². The molecule has 0 heterocycles. The van der Waals surface area contributed by atoms with E-state index >= 15 is 0 Å². The van der Waals surface area contributed by atoms with Crippen LogP contribution >= 0.6 is 0 Å². The number of hydrogen-bond donors (Lipinski definition) is 2. The minimum Gasteiger partial charge on any atom is -0.506 e. The lowest BCUT2D eigenvalue weighted by Gasteiger charge is -2.18. The van der Waals surface area contributed by atoms with E-state index in [4.69, 9.17) is 5.73 Å². The maximum absolute atomic E-state index is 13.6. The fourth-order valence-corrected chi connectivity index (χ4v) is 1.70. The molecule has 0 aliphatic carbocycles. The highest BCUT2D eigenvalue weighted by atomic mass is 19.1. The van der Waals surface area contributed by atoms with Crippen molar-refractivity contribution in [2.75, 3.05) is 17.7 Å². The van der Waals surface area contributed by atoms with Gasteiger partial charge < -0.3 is 15.7 Å². The number of phenols is 1. The van der Waals surface area contributed by atoms with Crippen LogP contribution in [0.5, 0.6) is 5.75 Å². The summed E-state index contributed by atoms with van der Waals surface area (Å²) in [5.74, 6) is -1.09. The van der Waals surface area contributed by atoms with Gasteiger partial charge in [-0.1, -0.05) is 12.1 Å². The molecular formula is C14H13FN2O2. The first-order valence-electron chi connectivity index (χ1n) is 5.62. The Kier molecular flexibility index (Phi) is 3.37. The Balaban J connectivity index is 2.34.